The van der Waals surface area contributed by atoms with Gasteiger partial charge in [-0.3, -0.25) is 18.9 Å². The lowest BCUT2D eigenvalue weighted by atomic mass is 10.0. The minimum atomic E-state index is -4.07. The van der Waals surface area contributed by atoms with Gasteiger partial charge in [0.2, 0.25) is 15.9 Å². The number of aryl methyl sites for hydroxylation is 1. The lowest BCUT2D eigenvalue weighted by Gasteiger charge is -2.33. The Labute approximate surface area is 293 Å². The number of carbonyl (C=O) groups excluding carboxylic acids is 1. The second kappa shape index (κ2) is 13.2. The van der Waals surface area contributed by atoms with Gasteiger partial charge in [-0.15, -0.1) is 11.3 Å². The molecule has 0 unspecified atom stereocenters. The number of nitrogens with one attached hydrogen (secondary N) is 1. The Morgan fingerprint density at radius 2 is 1.86 bits per heavy atom. The van der Waals surface area contributed by atoms with Crippen LogP contribution in [0.15, 0.2) is 44.7 Å². The van der Waals surface area contributed by atoms with Gasteiger partial charge in [0.1, 0.15) is 34.3 Å². The van der Waals surface area contributed by atoms with E-state index in [0.29, 0.717) is 40.7 Å². The van der Waals surface area contributed by atoms with E-state index in [1.165, 1.54) is 26.3 Å². The number of aromatic nitrogens is 3. The monoisotopic (exact) mass is 752 g/mol. The SMILES string of the molecule is Cc1c(-c2ncco2)sc2c1c(=O)n(C(C)(C)C(=O)NS(=O)(=O)C1CC1)c(=O)n2C[C@H](O[C@H]1C[C@H]2CC[C@@H](C1)O2)c1cc(F)ccc1OC(F)F. The maximum Gasteiger partial charge on any atom is 0.387 e. The van der Waals surface area contributed by atoms with Gasteiger partial charge in [0.25, 0.3) is 11.5 Å². The number of thiophene rings is 1. The van der Waals surface area contributed by atoms with Gasteiger partial charge in [-0.2, -0.15) is 8.78 Å². The van der Waals surface area contributed by atoms with Crippen LogP contribution < -0.4 is 20.7 Å². The predicted octanol–water partition coefficient (Wildman–Crippen LogP) is 4.74. The molecule has 5 heterocycles. The molecule has 1 aliphatic carbocycles. The normalized spacial score (nSPS) is 21.4. The quantitative estimate of drug-likeness (QED) is 0.214. The maximum absolute atomic E-state index is 14.9. The third-order valence-corrected chi connectivity index (χ3v) is 12.8. The van der Waals surface area contributed by atoms with Gasteiger partial charge in [0.15, 0.2) is 0 Å². The highest BCUT2D eigenvalue weighted by Crippen LogP contribution is 2.40. The highest BCUT2D eigenvalue weighted by atomic mass is 32.2. The number of oxazole rings is 1. The first-order valence-corrected chi connectivity index (χ1v) is 18.8. The number of nitrogens with zero attached hydrogens (tertiary/aromatic N) is 3. The lowest BCUT2D eigenvalue weighted by Crippen LogP contribution is -2.57. The van der Waals surface area contributed by atoms with Gasteiger partial charge in [0, 0.05) is 5.56 Å². The molecule has 1 amide bonds. The summed E-state index contributed by atoms with van der Waals surface area (Å²) in [6, 6.07) is 3.00. The number of hydrogen-bond acceptors (Lipinski definition) is 11. The summed E-state index contributed by atoms with van der Waals surface area (Å²) in [5.74, 6) is -2.11. The topological polar surface area (TPSA) is 161 Å². The first-order chi connectivity index (χ1) is 24.1. The molecule has 3 aliphatic rings. The summed E-state index contributed by atoms with van der Waals surface area (Å²) in [7, 11) is -4.07. The van der Waals surface area contributed by atoms with Gasteiger partial charge >= 0.3 is 12.3 Å². The molecule has 1 saturated carbocycles. The standard InChI is InChI=1S/C33H35F3N4O9S2/c1-16-25-28(41)40(33(2,3)30(42)38-51(44,45)21-7-8-21)32(43)39(29(25)50-26(16)27-37-10-11-46-27)15-24(48-20-13-18-5-6-19(14-20)47-18)22-12-17(34)4-9-23(22)49-31(35)36/h4,9-12,18-21,24,31H,5-8,13-15H2,1-3H3,(H,38,42)/t18-,19+,20+,24-/m0/s1. The van der Waals surface area contributed by atoms with Crippen LogP contribution in [-0.2, 0) is 36.4 Å². The largest absolute Gasteiger partial charge is 0.444 e. The summed E-state index contributed by atoms with van der Waals surface area (Å²) < 4.78 is 94.3. The van der Waals surface area contributed by atoms with Crippen molar-refractivity contribution in [2.24, 2.45) is 0 Å². The fourth-order valence-electron chi connectivity index (χ4n) is 6.86. The average Bonchev–Trinajstić information content (AvgIpc) is 3.55. The minimum Gasteiger partial charge on any atom is -0.444 e. The highest BCUT2D eigenvalue weighted by Gasteiger charge is 2.43. The molecule has 4 atom stereocenters. The summed E-state index contributed by atoms with van der Waals surface area (Å²) in [6.45, 7) is 0.380. The van der Waals surface area contributed by atoms with Gasteiger partial charge < -0.3 is 18.6 Å². The molecular formula is C33H35F3N4O9S2. The zero-order chi connectivity index (χ0) is 36.4. The number of halogens is 3. The number of benzene rings is 1. The van der Waals surface area contributed by atoms with Crippen molar-refractivity contribution < 1.29 is 45.0 Å². The van der Waals surface area contributed by atoms with Crippen LogP contribution in [0.1, 0.15) is 69.6 Å². The van der Waals surface area contributed by atoms with Gasteiger partial charge in [-0.1, -0.05) is 0 Å². The minimum absolute atomic E-state index is 0.00452. The Balaban J connectivity index is 1.41. The fraction of sp³-hybridized carbons (Fsp3) is 0.515. The summed E-state index contributed by atoms with van der Waals surface area (Å²) in [4.78, 5) is 47.3. The first-order valence-electron chi connectivity index (χ1n) is 16.4. The van der Waals surface area contributed by atoms with Crippen LogP contribution in [0.4, 0.5) is 13.2 Å². The Bertz CT molecular complexity index is 2200. The average molecular weight is 753 g/mol. The van der Waals surface area contributed by atoms with Crippen LogP contribution in [0.25, 0.3) is 21.0 Å². The molecule has 51 heavy (non-hydrogen) atoms. The Hall–Kier alpha value is -4.00. The smallest absolute Gasteiger partial charge is 0.387 e. The van der Waals surface area contributed by atoms with E-state index in [2.05, 4.69) is 4.98 Å². The summed E-state index contributed by atoms with van der Waals surface area (Å²) in [5, 5.41) is -0.755. The number of hydrogen-bond donors (Lipinski definition) is 1. The van der Waals surface area contributed by atoms with Crippen molar-refractivity contribution in [3.63, 3.8) is 0 Å². The molecule has 0 spiro atoms. The van der Waals surface area contributed by atoms with Gasteiger partial charge in [0.05, 0.1) is 46.6 Å². The molecule has 13 nitrogen and oxygen atoms in total. The van der Waals surface area contributed by atoms with Crippen LogP contribution in [0.3, 0.4) is 0 Å². The summed E-state index contributed by atoms with van der Waals surface area (Å²) in [6.07, 6.45) is 4.08. The van der Waals surface area contributed by atoms with Crippen molar-refractivity contribution >= 4 is 37.5 Å². The first kappa shape index (κ1) is 35.4. The second-order valence-electron chi connectivity index (χ2n) is 13.6. The van der Waals surface area contributed by atoms with Crippen LogP contribution in [-0.4, -0.2) is 58.6 Å². The van der Waals surface area contributed by atoms with E-state index in [1.54, 1.807) is 6.92 Å². The van der Waals surface area contributed by atoms with Gasteiger partial charge in [-0.25, -0.2) is 27.2 Å². The third kappa shape index (κ3) is 6.73. The molecule has 7 rings (SSSR count). The van der Waals surface area contributed by atoms with Gasteiger partial charge in [-0.05, 0) is 83.1 Å². The number of amides is 1. The molecule has 2 bridgehead atoms. The highest BCUT2D eigenvalue weighted by molar-refractivity contribution is 7.90. The molecule has 274 valence electrons. The Morgan fingerprint density at radius 3 is 2.49 bits per heavy atom. The number of rotatable bonds is 12. The number of fused-ring (bicyclic) bond motifs is 3. The summed E-state index contributed by atoms with van der Waals surface area (Å²) >= 11 is 0.995. The number of ether oxygens (including phenoxy) is 3. The van der Waals surface area contributed by atoms with Crippen molar-refractivity contribution in [1.82, 2.24) is 18.8 Å². The molecule has 1 aromatic carbocycles. The van der Waals surface area contributed by atoms with Crippen molar-refractivity contribution in [2.75, 3.05) is 0 Å². The molecule has 3 fully saturated rings. The van der Waals surface area contributed by atoms with Crippen molar-refractivity contribution in [3.05, 3.63) is 68.4 Å². The maximum atomic E-state index is 14.9. The summed E-state index contributed by atoms with van der Waals surface area (Å²) in [5.41, 5.74) is -3.71. The van der Waals surface area contributed by atoms with Crippen LogP contribution >= 0.6 is 11.3 Å². The number of alkyl halides is 2. The van der Waals surface area contributed by atoms with E-state index in [4.69, 9.17) is 18.6 Å². The van der Waals surface area contributed by atoms with Crippen molar-refractivity contribution in [2.45, 2.75) is 108 Å². The molecule has 0 radical (unpaired) electrons. The third-order valence-electron chi connectivity index (χ3n) is 9.64. The number of carbonyl (C=O) groups is 1. The molecule has 1 N–H and O–H groups in total. The molecule has 3 aromatic heterocycles. The molecule has 2 saturated heterocycles. The second-order valence-corrected chi connectivity index (χ2v) is 16.5. The molecular weight excluding hydrogens is 718 g/mol. The fourth-order valence-corrected chi connectivity index (χ4v) is 9.54. The number of sulfonamides is 1. The van der Waals surface area contributed by atoms with Crippen LogP contribution in [0.2, 0.25) is 0 Å². The van der Waals surface area contributed by atoms with E-state index in [0.717, 1.165) is 46.9 Å². The van der Waals surface area contributed by atoms with Crippen molar-refractivity contribution in [3.8, 4) is 16.5 Å². The zero-order valence-electron chi connectivity index (χ0n) is 27.8. The van der Waals surface area contributed by atoms with Crippen LogP contribution in [0, 0.1) is 12.7 Å². The van der Waals surface area contributed by atoms with Crippen LogP contribution in [0.5, 0.6) is 5.75 Å². The molecule has 4 aromatic rings. The van der Waals surface area contributed by atoms with E-state index in [9.17, 15) is 36.0 Å². The zero-order valence-corrected chi connectivity index (χ0v) is 29.4. The Morgan fingerprint density at radius 1 is 1.16 bits per heavy atom. The lowest BCUT2D eigenvalue weighted by molar-refractivity contribution is -0.126. The van der Waals surface area contributed by atoms with E-state index < -0.39 is 69.1 Å². The molecule has 2 aliphatic heterocycles. The van der Waals surface area contributed by atoms with E-state index >= 15 is 0 Å². The molecule has 18 heteroatoms. The Kier molecular flexibility index (Phi) is 9.16. The van der Waals surface area contributed by atoms with Crippen molar-refractivity contribution in [1.29, 1.82) is 0 Å². The van der Waals surface area contributed by atoms with E-state index in [-0.39, 0.29) is 39.6 Å². The van der Waals surface area contributed by atoms with E-state index in [1.807, 2.05) is 4.72 Å². The predicted molar refractivity (Wildman–Crippen MR) is 178 cm³/mol.